The Kier molecular flexibility index (Phi) is 5.29. The van der Waals surface area contributed by atoms with Crippen molar-refractivity contribution in [1.82, 2.24) is 10.3 Å². The highest BCUT2D eigenvalue weighted by Gasteiger charge is 2.42. The van der Waals surface area contributed by atoms with E-state index in [1.165, 1.54) is 0 Å². The lowest BCUT2D eigenvalue weighted by molar-refractivity contribution is -0.118. The zero-order chi connectivity index (χ0) is 22.3. The van der Waals surface area contributed by atoms with Gasteiger partial charge in [0.1, 0.15) is 5.82 Å². The Morgan fingerprint density at radius 3 is 2.55 bits per heavy atom. The van der Waals surface area contributed by atoms with Gasteiger partial charge in [-0.1, -0.05) is 43.7 Å². The topological polar surface area (TPSA) is 71.1 Å². The number of nitrogens with one attached hydrogen (secondary N) is 2. The fourth-order valence-electron chi connectivity index (χ4n) is 4.71. The highest BCUT2D eigenvalue weighted by molar-refractivity contribution is 6.09. The molecule has 5 nitrogen and oxygen atoms in total. The summed E-state index contributed by atoms with van der Waals surface area (Å²) in [4.78, 5) is 31.1. The molecule has 0 saturated carbocycles. The zero-order valence-corrected chi connectivity index (χ0v) is 18.8. The van der Waals surface area contributed by atoms with Crippen LogP contribution in [0.1, 0.15) is 56.2 Å². The third kappa shape index (κ3) is 4.18. The summed E-state index contributed by atoms with van der Waals surface area (Å²) in [6, 6.07) is 11.8. The molecule has 1 amide bonds. The Bertz CT molecular complexity index is 1140. The number of hydrogen-bond donors (Lipinski definition) is 2. The number of hydrogen-bond acceptors (Lipinski definition) is 4. The van der Waals surface area contributed by atoms with E-state index in [2.05, 4.69) is 35.5 Å². The number of rotatable bonds is 3. The molecule has 0 spiro atoms. The number of dihydropyridines is 1. The van der Waals surface area contributed by atoms with Gasteiger partial charge >= 0.3 is 0 Å². The summed E-state index contributed by atoms with van der Waals surface area (Å²) in [5, 5.41) is 6.35. The maximum atomic E-state index is 13.5. The van der Waals surface area contributed by atoms with Crippen LogP contribution < -0.4 is 10.6 Å². The minimum atomic E-state index is -0.399. The van der Waals surface area contributed by atoms with Crippen LogP contribution in [0.25, 0.3) is 0 Å². The molecule has 1 aromatic carbocycles. The Hall–Kier alpha value is -3.21. The molecule has 5 heteroatoms. The van der Waals surface area contributed by atoms with Crippen molar-refractivity contribution in [2.45, 2.75) is 53.4 Å². The van der Waals surface area contributed by atoms with Crippen LogP contribution in [0.3, 0.4) is 0 Å². The van der Waals surface area contributed by atoms with Crippen molar-refractivity contribution >= 4 is 17.5 Å². The van der Waals surface area contributed by atoms with Gasteiger partial charge in [-0.3, -0.25) is 9.59 Å². The molecule has 1 aliphatic heterocycles. The van der Waals surface area contributed by atoms with E-state index in [1.54, 1.807) is 6.20 Å². The van der Waals surface area contributed by atoms with Crippen molar-refractivity contribution < 1.29 is 9.59 Å². The number of anilines is 1. The van der Waals surface area contributed by atoms with E-state index < -0.39 is 5.92 Å². The van der Waals surface area contributed by atoms with E-state index in [0.29, 0.717) is 17.8 Å². The lowest BCUT2D eigenvalue weighted by atomic mass is 9.68. The lowest BCUT2D eigenvalue weighted by Crippen LogP contribution is -2.39. The van der Waals surface area contributed by atoms with Crippen LogP contribution in [0.15, 0.2) is 65.1 Å². The second-order valence-electron chi connectivity index (χ2n) is 9.52. The van der Waals surface area contributed by atoms with E-state index in [1.807, 2.05) is 51.1 Å². The number of Topliss-reactive ketones (excluding diaryl/α,β-unsaturated/α-hetero) is 1. The molecule has 0 bridgehead atoms. The number of nitrogens with zero attached hydrogens (tertiary/aromatic N) is 1. The number of carbonyl (C=O) groups excluding carboxylic acids is 2. The number of aryl methyl sites for hydroxylation is 2. The van der Waals surface area contributed by atoms with Gasteiger partial charge in [0.15, 0.2) is 5.78 Å². The Labute approximate surface area is 183 Å². The zero-order valence-electron chi connectivity index (χ0n) is 18.8. The van der Waals surface area contributed by atoms with Crippen LogP contribution in [0.2, 0.25) is 0 Å². The van der Waals surface area contributed by atoms with Crippen LogP contribution in [0.4, 0.5) is 5.82 Å². The van der Waals surface area contributed by atoms with Crippen LogP contribution >= 0.6 is 0 Å². The monoisotopic (exact) mass is 415 g/mol. The molecule has 1 aromatic heterocycles. The van der Waals surface area contributed by atoms with Crippen molar-refractivity contribution in [3.05, 3.63) is 81.8 Å². The van der Waals surface area contributed by atoms with Crippen LogP contribution in [-0.4, -0.2) is 16.7 Å². The number of ketones is 1. The quantitative estimate of drug-likeness (QED) is 0.745. The normalized spacial score (nSPS) is 20.3. The average Bonchev–Trinajstić information content (AvgIpc) is 2.65. The number of aromatic nitrogens is 1. The van der Waals surface area contributed by atoms with Crippen molar-refractivity contribution in [3.8, 4) is 0 Å². The van der Waals surface area contributed by atoms with Gasteiger partial charge in [0.25, 0.3) is 5.91 Å². The van der Waals surface area contributed by atoms with Gasteiger partial charge < -0.3 is 10.6 Å². The van der Waals surface area contributed by atoms with Gasteiger partial charge in [-0.15, -0.1) is 0 Å². The summed E-state index contributed by atoms with van der Waals surface area (Å²) in [5.74, 6) is -0.0238. The molecular formula is C26H29N3O2. The second-order valence-corrected chi connectivity index (χ2v) is 9.52. The first-order valence-electron chi connectivity index (χ1n) is 10.7. The molecule has 2 aromatic rings. The van der Waals surface area contributed by atoms with Gasteiger partial charge in [0.05, 0.1) is 0 Å². The largest absolute Gasteiger partial charge is 0.362 e. The first-order valence-corrected chi connectivity index (χ1v) is 10.7. The molecule has 2 heterocycles. The third-order valence-corrected chi connectivity index (χ3v) is 6.02. The summed E-state index contributed by atoms with van der Waals surface area (Å²) in [5.41, 5.74) is 5.98. The molecule has 1 aliphatic carbocycles. The molecule has 1 unspecified atom stereocenters. The molecule has 0 radical (unpaired) electrons. The van der Waals surface area contributed by atoms with Crippen molar-refractivity contribution in [3.63, 3.8) is 0 Å². The molecule has 4 rings (SSSR count). The van der Waals surface area contributed by atoms with Crippen LogP contribution in [-0.2, 0) is 9.59 Å². The third-order valence-electron chi connectivity index (χ3n) is 6.02. The molecule has 0 saturated heterocycles. The van der Waals surface area contributed by atoms with Gasteiger partial charge in [-0.25, -0.2) is 4.98 Å². The van der Waals surface area contributed by atoms with Crippen LogP contribution in [0.5, 0.6) is 0 Å². The number of amides is 1. The Morgan fingerprint density at radius 1 is 1.10 bits per heavy atom. The predicted octanol–water partition coefficient (Wildman–Crippen LogP) is 4.94. The summed E-state index contributed by atoms with van der Waals surface area (Å²) < 4.78 is 0. The van der Waals surface area contributed by atoms with Gasteiger partial charge in [0.2, 0.25) is 0 Å². The molecule has 2 N–H and O–H groups in total. The Balaban J connectivity index is 1.81. The van der Waals surface area contributed by atoms with Gasteiger partial charge in [0, 0.05) is 41.1 Å². The van der Waals surface area contributed by atoms with E-state index >= 15 is 0 Å². The van der Waals surface area contributed by atoms with E-state index in [0.717, 1.165) is 40.1 Å². The second kappa shape index (κ2) is 7.80. The van der Waals surface area contributed by atoms with Gasteiger partial charge in [-0.05, 0) is 55.9 Å². The predicted molar refractivity (Wildman–Crippen MR) is 122 cm³/mol. The number of pyridine rings is 1. The smallest absolute Gasteiger partial charge is 0.255 e. The molecule has 160 valence electrons. The minimum absolute atomic E-state index is 0.106. The van der Waals surface area contributed by atoms with E-state index in [-0.39, 0.29) is 17.1 Å². The summed E-state index contributed by atoms with van der Waals surface area (Å²) in [7, 11) is 0. The Morgan fingerprint density at radius 2 is 1.84 bits per heavy atom. The SMILES string of the molecule is CC1=C(C(=O)Nc2cc(C)ccn2)C(c2cccc(C)c2)C2=C(CC(C)(C)CC2=O)N1. The summed E-state index contributed by atoms with van der Waals surface area (Å²) in [6.07, 6.45) is 2.93. The van der Waals surface area contributed by atoms with Crippen molar-refractivity contribution in [1.29, 1.82) is 0 Å². The molecule has 0 fully saturated rings. The minimum Gasteiger partial charge on any atom is -0.362 e. The number of carbonyl (C=O) groups is 2. The molecule has 31 heavy (non-hydrogen) atoms. The fraction of sp³-hybridized carbons (Fsp3) is 0.346. The maximum Gasteiger partial charge on any atom is 0.255 e. The van der Waals surface area contributed by atoms with Crippen molar-refractivity contribution in [2.75, 3.05) is 5.32 Å². The number of benzene rings is 1. The van der Waals surface area contributed by atoms with Crippen LogP contribution in [0, 0.1) is 19.3 Å². The maximum absolute atomic E-state index is 13.5. The molecule has 2 aliphatic rings. The summed E-state index contributed by atoms with van der Waals surface area (Å²) >= 11 is 0. The first-order chi connectivity index (χ1) is 14.6. The highest BCUT2D eigenvalue weighted by atomic mass is 16.2. The van der Waals surface area contributed by atoms with E-state index in [9.17, 15) is 9.59 Å². The van der Waals surface area contributed by atoms with Gasteiger partial charge in [-0.2, -0.15) is 0 Å². The standard InChI is InChI=1S/C26H29N3O2/c1-15-7-6-8-18(11-15)23-22(25(31)29-21-12-16(2)9-10-27-21)17(3)28-19-13-26(4,5)14-20(30)24(19)23/h6-12,23,28H,13-14H2,1-5H3,(H,27,29,31). The van der Waals surface area contributed by atoms with Crippen molar-refractivity contribution in [2.24, 2.45) is 5.41 Å². The lowest BCUT2D eigenvalue weighted by Gasteiger charge is -2.39. The summed E-state index contributed by atoms with van der Waals surface area (Å²) in [6.45, 7) is 10.1. The van der Waals surface area contributed by atoms with E-state index in [4.69, 9.17) is 0 Å². The number of allylic oxidation sites excluding steroid dienone is 3. The fourth-order valence-corrected chi connectivity index (χ4v) is 4.71. The highest BCUT2D eigenvalue weighted by Crippen LogP contribution is 2.46. The average molecular weight is 416 g/mol. The first kappa shape index (κ1) is 21.0. The molecular weight excluding hydrogens is 386 g/mol. The molecule has 1 atom stereocenters.